The van der Waals surface area contributed by atoms with Crippen molar-refractivity contribution in [3.63, 3.8) is 0 Å². The number of anilines is 1. The summed E-state index contributed by atoms with van der Waals surface area (Å²) >= 11 is 0. The lowest BCUT2D eigenvalue weighted by molar-refractivity contribution is -0.707. The number of hydrogen-bond donors (Lipinski definition) is 0. The van der Waals surface area contributed by atoms with E-state index in [1.807, 2.05) is 18.2 Å². The Morgan fingerprint density at radius 3 is 2.42 bits per heavy atom. The molecule has 2 aliphatic heterocycles. The molecule has 1 amide bonds. The van der Waals surface area contributed by atoms with Gasteiger partial charge in [-0.25, -0.2) is 0 Å². The van der Waals surface area contributed by atoms with Crippen LogP contribution < -0.4 is 4.90 Å². The van der Waals surface area contributed by atoms with Crippen molar-refractivity contribution in [2.24, 2.45) is 5.28 Å². The van der Waals surface area contributed by atoms with Crippen molar-refractivity contribution in [2.45, 2.75) is 12.8 Å². The summed E-state index contributed by atoms with van der Waals surface area (Å²) in [6.45, 7) is 4.03. The Hall–Kier alpha value is -2.51. The molecule has 0 aromatic heterocycles. The molecule has 0 bridgehead atoms. The van der Waals surface area contributed by atoms with Crippen LogP contribution >= 0.6 is 0 Å². The average Bonchev–Trinajstić information content (AvgIpc) is 3.17. The highest BCUT2D eigenvalue weighted by Gasteiger charge is 2.22. The zero-order valence-corrected chi connectivity index (χ0v) is 13.7. The van der Waals surface area contributed by atoms with Crippen molar-refractivity contribution in [3.8, 4) is 0 Å². The molecule has 0 N–H and O–H groups in total. The number of nitrogens with zero attached hydrogens (tertiary/aromatic N) is 5. The van der Waals surface area contributed by atoms with E-state index in [9.17, 15) is 10.0 Å². The van der Waals surface area contributed by atoms with E-state index in [1.165, 1.54) is 5.69 Å². The molecule has 0 aliphatic carbocycles. The monoisotopic (exact) mass is 333 g/mol. The Morgan fingerprint density at radius 1 is 1.08 bits per heavy atom. The summed E-state index contributed by atoms with van der Waals surface area (Å²) in [4.78, 5) is 21.5. The minimum Gasteiger partial charge on any atom is -0.569 e. The van der Waals surface area contributed by atoms with Crippen LogP contribution in [-0.4, -0.2) is 66.7 Å². The van der Waals surface area contributed by atoms with Crippen molar-refractivity contribution in [2.75, 3.05) is 50.8 Å². The van der Waals surface area contributed by atoms with Crippen LogP contribution in [-0.2, 0) is 9.63 Å². The summed E-state index contributed by atoms with van der Waals surface area (Å²) < 4.78 is 0. The number of benzene rings is 1. The molecule has 2 aliphatic rings. The van der Waals surface area contributed by atoms with Gasteiger partial charge in [0.2, 0.25) is 11.9 Å². The van der Waals surface area contributed by atoms with Crippen LogP contribution in [0.2, 0.25) is 0 Å². The third-order valence-electron chi connectivity index (χ3n) is 4.39. The van der Waals surface area contributed by atoms with Gasteiger partial charge >= 0.3 is 0 Å². The maximum Gasteiger partial charge on any atom is 0.263 e. The zero-order chi connectivity index (χ0) is 16.8. The van der Waals surface area contributed by atoms with Crippen LogP contribution in [0.4, 0.5) is 5.69 Å². The van der Waals surface area contributed by atoms with Crippen molar-refractivity contribution in [1.29, 1.82) is 0 Å². The Bertz CT molecular complexity index is 566. The van der Waals surface area contributed by atoms with Gasteiger partial charge in [0.1, 0.15) is 0 Å². The molecule has 2 saturated heterocycles. The molecular weight excluding hydrogens is 310 g/mol. The fraction of sp³-hybridized carbons (Fsp3) is 0.562. The summed E-state index contributed by atoms with van der Waals surface area (Å²) in [6, 6.07) is 10.2. The summed E-state index contributed by atoms with van der Waals surface area (Å²) in [5.41, 5.74) is 1.17. The Balaban J connectivity index is 1.41. The van der Waals surface area contributed by atoms with E-state index in [0.717, 1.165) is 25.9 Å². The van der Waals surface area contributed by atoms with Gasteiger partial charge in [-0.15, -0.1) is 5.01 Å². The van der Waals surface area contributed by atoms with Crippen LogP contribution in [0.3, 0.4) is 0 Å². The molecule has 8 nitrogen and oxygen atoms in total. The first-order valence-electron chi connectivity index (χ1n) is 8.37. The van der Waals surface area contributed by atoms with Crippen LogP contribution in [0.25, 0.3) is 0 Å². The molecule has 0 unspecified atom stereocenters. The third-order valence-corrected chi connectivity index (χ3v) is 4.39. The molecule has 8 heteroatoms. The molecule has 3 rings (SSSR count). The zero-order valence-electron chi connectivity index (χ0n) is 13.7. The highest BCUT2D eigenvalue weighted by molar-refractivity contribution is 5.77. The number of para-hydroxylation sites is 1. The van der Waals surface area contributed by atoms with Gasteiger partial charge in [0.05, 0.1) is 18.1 Å². The number of carbonyl (C=O) groups excluding carboxylic acids is 1. The SMILES string of the molecule is O=C(CO/N=[N+](\[O-])N1CCCC1)N1CCN(c2ccccc2)CC1. The predicted molar refractivity (Wildman–Crippen MR) is 88.0 cm³/mol. The smallest absolute Gasteiger partial charge is 0.263 e. The van der Waals surface area contributed by atoms with Crippen LogP contribution in [0.15, 0.2) is 35.6 Å². The van der Waals surface area contributed by atoms with E-state index in [-0.39, 0.29) is 12.5 Å². The maximum atomic E-state index is 12.1. The lowest BCUT2D eigenvalue weighted by Gasteiger charge is -2.35. The number of amides is 1. The van der Waals surface area contributed by atoms with E-state index in [2.05, 4.69) is 22.3 Å². The second kappa shape index (κ2) is 7.85. The fourth-order valence-electron chi connectivity index (χ4n) is 3.00. The number of hydrogen-bond acceptors (Lipinski definition) is 5. The average molecular weight is 333 g/mol. The van der Waals surface area contributed by atoms with Gasteiger partial charge in [0.15, 0.2) is 0 Å². The van der Waals surface area contributed by atoms with E-state index in [4.69, 9.17) is 4.84 Å². The Morgan fingerprint density at radius 2 is 1.75 bits per heavy atom. The van der Waals surface area contributed by atoms with Gasteiger partial charge in [-0.1, -0.05) is 18.2 Å². The minimum absolute atomic E-state index is 0.138. The maximum absolute atomic E-state index is 12.1. The third kappa shape index (κ3) is 4.06. The molecule has 2 fully saturated rings. The van der Waals surface area contributed by atoms with E-state index in [1.54, 1.807) is 9.91 Å². The number of hydrazine groups is 1. The minimum atomic E-state index is -0.197. The normalized spacial score (nSPS) is 18.8. The molecule has 0 spiro atoms. The highest BCUT2D eigenvalue weighted by Crippen LogP contribution is 2.15. The van der Waals surface area contributed by atoms with Crippen LogP contribution in [0.1, 0.15) is 12.8 Å². The first-order valence-corrected chi connectivity index (χ1v) is 8.37. The van der Waals surface area contributed by atoms with Crippen LogP contribution in [0, 0.1) is 5.21 Å². The summed E-state index contributed by atoms with van der Waals surface area (Å²) in [6.07, 6.45) is 1.97. The quantitative estimate of drug-likeness (QED) is 0.460. The lowest BCUT2D eigenvalue weighted by Crippen LogP contribution is -2.49. The Kier molecular flexibility index (Phi) is 5.35. The second-order valence-corrected chi connectivity index (χ2v) is 5.97. The van der Waals surface area contributed by atoms with Gasteiger partial charge in [-0.05, 0) is 25.0 Å². The molecule has 0 atom stereocenters. The summed E-state index contributed by atoms with van der Waals surface area (Å²) in [7, 11) is 0. The topological polar surface area (TPSA) is 74.4 Å². The molecule has 2 heterocycles. The Labute approximate surface area is 141 Å². The lowest BCUT2D eigenvalue weighted by atomic mass is 10.2. The molecular formula is C16H23N5O3. The van der Waals surface area contributed by atoms with Crippen molar-refractivity contribution >= 4 is 11.6 Å². The molecule has 24 heavy (non-hydrogen) atoms. The van der Waals surface area contributed by atoms with E-state index in [0.29, 0.717) is 31.1 Å². The fourth-order valence-corrected chi connectivity index (χ4v) is 3.00. The largest absolute Gasteiger partial charge is 0.569 e. The van der Waals surface area contributed by atoms with Crippen molar-refractivity contribution in [3.05, 3.63) is 35.5 Å². The number of rotatable bonds is 5. The molecule has 0 radical (unpaired) electrons. The standard InChI is InChI=1S/C16H23N5O3/c22-16(14-24-17-21(23)20-8-4-5-9-20)19-12-10-18(11-13-19)15-6-2-1-3-7-15/h1-3,6-7H,4-5,8-14H2/b21-17-. The van der Waals surface area contributed by atoms with E-state index < -0.39 is 0 Å². The van der Waals surface area contributed by atoms with Crippen LogP contribution in [0.5, 0.6) is 0 Å². The van der Waals surface area contributed by atoms with Crippen molar-refractivity contribution < 1.29 is 14.6 Å². The van der Waals surface area contributed by atoms with Gasteiger partial charge in [-0.2, -0.15) is 0 Å². The summed E-state index contributed by atoms with van der Waals surface area (Å²) in [5.74, 6) is -0.138. The molecule has 1 aromatic rings. The molecule has 130 valence electrons. The van der Waals surface area contributed by atoms with Gasteiger partial charge in [-0.3, -0.25) is 4.79 Å². The van der Waals surface area contributed by atoms with Crippen molar-refractivity contribution in [1.82, 2.24) is 9.91 Å². The number of carbonyl (C=O) groups is 1. The van der Waals surface area contributed by atoms with E-state index >= 15 is 0 Å². The van der Waals surface area contributed by atoms with Gasteiger partial charge in [0.25, 0.3) is 5.91 Å². The molecule has 1 aromatic carbocycles. The highest BCUT2D eigenvalue weighted by atomic mass is 16.7. The predicted octanol–water partition coefficient (Wildman–Crippen LogP) is 1.24. The second-order valence-electron chi connectivity index (χ2n) is 5.97. The van der Waals surface area contributed by atoms with Gasteiger partial charge < -0.3 is 19.8 Å². The summed E-state index contributed by atoms with van der Waals surface area (Å²) in [5, 5.41) is 16.6. The number of piperazine rings is 1. The first kappa shape index (κ1) is 16.4. The first-order chi connectivity index (χ1) is 11.7. The molecule has 0 saturated carbocycles. The van der Waals surface area contributed by atoms with Gasteiger partial charge in [0, 0.05) is 31.9 Å².